The van der Waals surface area contributed by atoms with Gasteiger partial charge in [-0.25, -0.2) is 13.5 Å². The number of carbonyl (C=O) groups is 1. The Hall–Kier alpha value is -2.24. The van der Waals surface area contributed by atoms with E-state index in [0.717, 1.165) is 24.6 Å². The summed E-state index contributed by atoms with van der Waals surface area (Å²) in [5.74, 6) is -0.640. The van der Waals surface area contributed by atoms with E-state index in [1.165, 1.54) is 4.68 Å². The maximum absolute atomic E-state index is 13.9. The molecule has 0 aliphatic heterocycles. The molecule has 0 saturated heterocycles. The molecule has 21 heavy (non-hydrogen) atoms. The van der Waals surface area contributed by atoms with E-state index in [1.807, 2.05) is 13.8 Å². The third-order valence-corrected chi connectivity index (χ3v) is 3.25. The molecule has 112 valence electrons. The number of hydrogen-bond acceptors (Lipinski definition) is 3. The highest BCUT2D eigenvalue weighted by Crippen LogP contribution is 2.29. The Morgan fingerprint density at radius 1 is 1.38 bits per heavy atom. The summed E-state index contributed by atoms with van der Waals surface area (Å²) in [6, 6.07) is 3.03. The highest BCUT2D eigenvalue weighted by Gasteiger charge is 2.19. The summed E-state index contributed by atoms with van der Waals surface area (Å²) < 4.78 is 28.6. The van der Waals surface area contributed by atoms with Crippen LogP contribution in [0.5, 0.6) is 0 Å². The van der Waals surface area contributed by atoms with Crippen LogP contribution >= 0.6 is 0 Å². The maximum atomic E-state index is 13.9. The summed E-state index contributed by atoms with van der Waals surface area (Å²) in [4.78, 5) is 11.2. The summed E-state index contributed by atoms with van der Waals surface area (Å²) in [5.41, 5.74) is 5.98. The second kappa shape index (κ2) is 6.03. The Kier molecular flexibility index (Phi) is 4.35. The molecule has 0 amide bonds. The molecule has 0 spiro atoms. The standard InChI is InChI=1S/C15H17F2N3O/c1-9(2)5-6-20-15(18)12(8-21)14(19-20)11-7-10(16)3-4-13(11)17/h3-4,7-9H,5-6,18H2,1-2H3. The van der Waals surface area contributed by atoms with Crippen LogP contribution in [0.1, 0.15) is 30.6 Å². The van der Waals surface area contributed by atoms with E-state index in [0.29, 0.717) is 18.7 Å². The molecule has 1 aromatic heterocycles. The van der Waals surface area contributed by atoms with Crippen molar-refractivity contribution in [1.29, 1.82) is 0 Å². The van der Waals surface area contributed by atoms with Gasteiger partial charge in [0.15, 0.2) is 6.29 Å². The lowest BCUT2D eigenvalue weighted by Gasteiger charge is -2.06. The maximum Gasteiger partial charge on any atom is 0.156 e. The number of carbonyl (C=O) groups excluding carboxylic acids is 1. The summed E-state index contributed by atoms with van der Waals surface area (Å²) in [5, 5.41) is 4.18. The first kappa shape index (κ1) is 15.2. The van der Waals surface area contributed by atoms with Crippen LogP contribution < -0.4 is 5.73 Å². The average molecular weight is 293 g/mol. The number of nitrogen functional groups attached to an aromatic ring is 1. The number of halogens is 2. The normalized spacial score (nSPS) is 11.1. The smallest absolute Gasteiger partial charge is 0.156 e. The summed E-state index contributed by atoms with van der Waals surface area (Å²) in [6.07, 6.45) is 1.34. The van der Waals surface area contributed by atoms with E-state index < -0.39 is 11.6 Å². The van der Waals surface area contributed by atoms with Crippen molar-refractivity contribution < 1.29 is 13.6 Å². The third kappa shape index (κ3) is 3.09. The van der Waals surface area contributed by atoms with Crippen LogP contribution in [-0.2, 0) is 6.54 Å². The zero-order valence-corrected chi connectivity index (χ0v) is 11.9. The van der Waals surface area contributed by atoms with Crippen molar-refractivity contribution in [1.82, 2.24) is 9.78 Å². The summed E-state index contributed by atoms with van der Waals surface area (Å²) >= 11 is 0. The van der Waals surface area contributed by atoms with Crippen LogP contribution in [-0.4, -0.2) is 16.1 Å². The largest absolute Gasteiger partial charge is 0.383 e. The number of anilines is 1. The number of aromatic nitrogens is 2. The van der Waals surface area contributed by atoms with E-state index in [9.17, 15) is 13.6 Å². The molecule has 0 radical (unpaired) electrons. The topological polar surface area (TPSA) is 60.9 Å². The van der Waals surface area contributed by atoms with Crippen LogP contribution in [0.25, 0.3) is 11.3 Å². The molecule has 4 nitrogen and oxygen atoms in total. The zero-order valence-electron chi connectivity index (χ0n) is 11.9. The summed E-state index contributed by atoms with van der Waals surface area (Å²) in [6.45, 7) is 4.61. The second-order valence-corrected chi connectivity index (χ2v) is 5.30. The van der Waals surface area contributed by atoms with Gasteiger partial charge in [-0.15, -0.1) is 0 Å². The monoisotopic (exact) mass is 293 g/mol. The van der Waals surface area contributed by atoms with Crippen molar-refractivity contribution in [2.24, 2.45) is 5.92 Å². The van der Waals surface area contributed by atoms with Gasteiger partial charge >= 0.3 is 0 Å². The number of hydrogen-bond donors (Lipinski definition) is 1. The predicted octanol–water partition coefficient (Wildman–Crippen LogP) is 3.27. The van der Waals surface area contributed by atoms with Gasteiger partial charge in [-0.3, -0.25) is 4.79 Å². The molecule has 0 aliphatic rings. The van der Waals surface area contributed by atoms with Crippen LogP contribution in [0.2, 0.25) is 0 Å². The highest BCUT2D eigenvalue weighted by atomic mass is 19.1. The van der Waals surface area contributed by atoms with Crippen LogP contribution in [0.4, 0.5) is 14.6 Å². The van der Waals surface area contributed by atoms with E-state index in [4.69, 9.17) is 5.73 Å². The first-order valence-electron chi connectivity index (χ1n) is 6.71. The molecular formula is C15H17F2N3O. The SMILES string of the molecule is CC(C)CCn1nc(-c2cc(F)ccc2F)c(C=O)c1N. The molecule has 0 aliphatic carbocycles. The Labute approximate surface area is 121 Å². The summed E-state index contributed by atoms with van der Waals surface area (Å²) in [7, 11) is 0. The Morgan fingerprint density at radius 2 is 2.10 bits per heavy atom. The average Bonchev–Trinajstić information content (AvgIpc) is 2.75. The molecule has 1 heterocycles. The molecule has 0 saturated carbocycles. The number of rotatable bonds is 5. The molecule has 0 unspecified atom stereocenters. The van der Waals surface area contributed by atoms with Crippen molar-refractivity contribution in [3.8, 4) is 11.3 Å². The number of nitrogens with two attached hydrogens (primary N) is 1. The number of benzene rings is 1. The first-order chi connectivity index (χ1) is 9.93. The molecule has 2 aromatic rings. The minimum Gasteiger partial charge on any atom is -0.383 e. The second-order valence-electron chi connectivity index (χ2n) is 5.30. The molecular weight excluding hydrogens is 276 g/mol. The number of aryl methyl sites for hydroxylation is 1. The fraction of sp³-hybridized carbons (Fsp3) is 0.333. The molecule has 0 fully saturated rings. The lowest BCUT2D eigenvalue weighted by Crippen LogP contribution is -2.07. The van der Waals surface area contributed by atoms with Gasteiger partial charge in [0, 0.05) is 12.1 Å². The van der Waals surface area contributed by atoms with Crippen LogP contribution in [0.3, 0.4) is 0 Å². The molecule has 2 N–H and O–H groups in total. The van der Waals surface area contributed by atoms with Gasteiger partial charge < -0.3 is 5.73 Å². The van der Waals surface area contributed by atoms with E-state index >= 15 is 0 Å². The third-order valence-electron chi connectivity index (χ3n) is 3.25. The minimum absolute atomic E-state index is 0.0629. The lowest BCUT2D eigenvalue weighted by atomic mass is 10.1. The van der Waals surface area contributed by atoms with Gasteiger partial charge in [-0.1, -0.05) is 13.8 Å². The predicted molar refractivity (Wildman–Crippen MR) is 76.8 cm³/mol. The zero-order chi connectivity index (χ0) is 15.6. The Balaban J connectivity index is 2.50. The van der Waals surface area contributed by atoms with E-state index in [-0.39, 0.29) is 22.6 Å². The Bertz CT molecular complexity index is 665. The molecule has 6 heteroatoms. The van der Waals surface area contributed by atoms with Gasteiger partial charge in [0.05, 0.1) is 5.56 Å². The molecule has 1 aromatic carbocycles. The van der Waals surface area contributed by atoms with Crippen molar-refractivity contribution >= 4 is 12.1 Å². The molecule has 0 bridgehead atoms. The quantitative estimate of drug-likeness (QED) is 0.861. The van der Waals surface area contributed by atoms with Gasteiger partial charge in [0.2, 0.25) is 0 Å². The minimum atomic E-state index is -0.645. The number of nitrogens with zero attached hydrogens (tertiary/aromatic N) is 2. The van der Waals surface area contributed by atoms with Crippen LogP contribution in [0.15, 0.2) is 18.2 Å². The van der Waals surface area contributed by atoms with E-state index in [1.54, 1.807) is 0 Å². The van der Waals surface area contributed by atoms with Crippen LogP contribution in [0, 0.1) is 17.6 Å². The van der Waals surface area contributed by atoms with Gasteiger partial charge in [0.1, 0.15) is 23.1 Å². The fourth-order valence-corrected chi connectivity index (χ4v) is 2.03. The molecule has 0 atom stereocenters. The van der Waals surface area contributed by atoms with E-state index in [2.05, 4.69) is 5.10 Å². The van der Waals surface area contributed by atoms with Gasteiger partial charge in [-0.2, -0.15) is 5.10 Å². The highest BCUT2D eigenvalue weighted by molar-refractivity contribution is 5.91. The van der Waals surface area contributed by atoms with Crippen molar-refractivity contribution in [3.63, 3.8) is 0 Å². The van der Waals surface area contributed by atoms with Crippen molar-refractivity contribution in [2.45, 2.75) is 26.8 Å². The number of aldehydes is 1. The van der Waals surface area contributed by atoms with Crippen molar-refractivity contribution in [3.05, 3.63) is 35.4 Å². The lowest BCUT2D eigenvalue weighted by molar-refractivity contribution is 0.112. The van der Waals surface area contributed by atoms with Gasteiger partial charge in [-0.05, 0) is 30.5 Å². The van der Waals surface area contributed by atoms with Gasteiger partial charge in [0.25, 0.3) is 0 Å². The Morgan fingerprint density at radius 3 is 2.71 bits per heavy atom. The first-order valence-corrected chi connectivity index (χ1v) is 6.71. The van der Waals surface area contributed by atoms with Crippen molar-refractivity contribution in [2.75, 3.05) is 5.73 Å². The molecule has 2 rings (SSSR count). The fourth-order valence-electron chi connectivity index (χ4n) is 2.03.